The van der Waals surface area contributed by atoms with Crippen molar-refractivity contribution < 1.29 is 4.39 Å². The second-order valence-corrected chi connectivity index (χ2v) is 6.64. The minimum absolute atomic E-state index is 0.223. The number of benzene rings is 2. The molecule has 0 saturated carbocycles. The van der Waals surface area contributed by atoms with Gasteiger partial charge in [-0.05, 0) is 59.5 Å². The van der Waals surface area contributed by atoms with E-state index in [9.17, 15) is 4.39 Å². The quantitative estimate of drug-likeness (QED) is 0.648. The molecule has 0 atom stereocenters. The van der Waals surface area contributed by atoms with Crippen molar-refractivity contribution in [1.29, 1.82) is 0 Å². The van der Waals surface area contributed by atoms with Crippen LogP contribution in [0, 0.1) is 5.82 Å². The number of rotatable bonds is 4. The average Bonchev–Trinajstić information content (AvgIpc) is 2.70. The Kier molecular flexibility index (Phi) is 4.89. The van der Waals surface area contributed by atoms with Crippen molar-refractivity contribution in [1.82, 2.24) is 9.88 Å². The smallest absolute Gasteiger partial charge is 0.123 e. The maximum Gasteiger partial charge on any atom is 0.123 e. The Bertz CT molecular complexity index is 901. The van der Waals surface area contributed by atoms with E-state index in [0.29, 0.717) is 0 Å². The van der Waals surface area contributed by atoms with Crippen LogP contribution >= 0.6 is 0 Å². The predicted octanol–water partition coefficient (Wildman–Crippen LogP) is 5.18. The molecule has 1 aliphatic rings. The fourth-order valence-electron chi connectivity index (χ4n) is 3.38. The molecule has 3 aromatic rings. The maximum atomic E-state index is 13.1. The zero-order valence-electron chi connectivity index (χ0n) is 14.6. The molecule has 0 amide bonds. The molecule has 0 saturated heterocycles. The summed E-state index contributed by atoms with van der Waals surface area (Å²) in [4.78, 5) is 6.87. The first-order valence-electron chi connectivity index (χ1n) is 8.95. The van der Waals surface area contributed by atoms with E-state index in [2.05, 4.69) is 58.4 Å². The molecule has 2 aromatic carbocycles. The van der Waals surface area contributed by atoms with Gasteiger partial charge in [0, 0.05) is 31.4 Å². The van der Waals surface area contributed by atoms with Gasteiger partial charge >= 0.3 is 0 Å². The molecule has 0 N–H and O–H groups in total. The normalized spacial score (nSPS) is 14.9. The number of hydrogen-bond donors (Lipinski definition) is 0. The summed E-state index contributed by atoms with van der Waals surface area (Å²) >= 11 is 0. The summed E-state index contributed by atoms with van der Waals surface area (Å²) in [5, 5.41) is 0. The van der Waals surface area contributed by atoms with Gasteiger partial charge < -0.3 is 0 Å². The van der Waals surface area contributed by atoms with Crippen LogP contribution in [0.2, 0.25) is 0 Å². The van der Waals surface area contributed by atoms with Crippen LogP contribution in [0.1, 0.15) is 17.5 Å². The third-order valence-electron chi connectivity index (χ3n) is 4.81. The highest BCUT2D eigenvalue weighted by Crippen LogP contribution is 2.24. The molecule has 4 rings (SSSR count). The van der Waals surface area contributed by atoms with Crippen LogP contribution in [0.25, 0.3) is 16.8 Å². The number of pyridine rings is 1. The Morgan fingerprint density at radius 1 is 0.923 bits per heavy atom. The molecule has 0 bridgehead atoms. The van der Waals surface area contributed by atoms with Gasteiger partial charge in [-0.15, -0.1) is 0 Å². The maximum absolute atomic E-state index is 13.1. The topological polar surface area (TPSA) is 16.1 Å². The van der Waals surface area contributed by atoms with Crippen LogP contribution in [-0.4, -0.2) is 23.0 Å². The van der Waals surface area contributed by atoms with Crippen molar-refractivity contribution >= 4 is 5.57 Å². The van der Waals surface area contributed by atoms with E-state index in [-0.39, 0.29) is 5.82 Å². The minimum Gasteiger partial charge on any atom is -0.295 e. The van der Waals surface area contributed by atoms with Gasteiger partial charge in [0.15, 0.2) is 0 Å². The van der Waals surface area contributed by atoms with Gasteiger partial charge in [0.1, 0.15) is 5.82 Å². The van der Waals surface area contributed by atoms with Crippen LogP contribution in [0.4, 0.5) is 4.39 Å². The molecule has 2 heterocycles. The van der Waals surface area contributed by atoms with E-state index in [0.717, 1.165) is 37.3 Å². The number of nitrogens with zero attached hydrogens (tertiary/aromatic N) is 2. The fraction of sp³-hybridized carbons (Fsp3) is 0.174. The largest absolute Gasteiger partial charge is 0.295 e. The summed E-state index contributed by atoms with van der Waals surface area (Å²) in [6, 6.07) is 21.3. The van der Waals surface area contributed by atoms with Crippen molar-refractivity contribution in [3.05, 3.63) is 95.9 Å². The second kappa shape index (κ2) is 7.63. The summed E-state index contributed by atoms with van der Waals surface area (Å²) < 4.78 is 13.1. The van der Waals surface area contributed by atoms with E-state index in [1.54, 1.807) is 12.1 Å². The summed E-state index contributed by atoms with van der Waals surface area (Å²) in [6.07, 6.45) is 5.24. The summed E-state index contributed by atoms with van der Waals surface area (Å²) in [5.41, 5.74) is 5.83. The van der Waals surface area contributed by atoms with Gasteiger partial charge in [-0.25, -0.2) is 4.39 Å². The van der Waals surface area contributed by atoms with Gasteiger partial charge in [-0.1, -0.05) is 36.4 Å². The third kappa shape index (κ3) is 3.89. The Balaban J connectivity index is 1.45. The van der Waals surface area contributed by atoms with E-state index >= 15 is 0 Å². The highest BCUT2D eigenvalue weighted by Gasteiger charge is 2.13. The number of halogens is 1. The van der Waals surface area contributed by atoms with Crippen molar-refractivity contribution in [2.24, 2.45) is 0 Å². The molecule has 26 heavy (non-hydrogen) atoms. The Morgan fingerprint density at radius 3 is 2.46 bits per heavy atom. The molecule has 0 fully saturated rings. The summed E-state index contributed by atoms with van der Waals surface area (Å²) in [6.45, 7) is 2.91. The minimum atomic E-state index is -0.223. The SMILES string of the molecule is Fc1ccc(-c2cc(CN3CC=C(c4ccccc4)CC3)ccn2)cc1. The van der Waals surface area contributed by atoms with Crippen LogP contribution in [0.3, 0.4) is 0 Å². The highest BCUT2D eigenvalue weighted by atomic mass is 19.1. The first kappa shape index (κ1) is 16.7. The first-order valence-corrected chi connectivity index (χ1v) is 8.95. The number of aromatic nitrogens is 1. The van der Waals surface area contributed by atoms with E-state index in [4.69, 9.17) is 0 Å². The Hall–Kier alpha value is -2.78. The molecule has 3 heteroatoms. The molecule has 1 aromatic heterocycles. The lowest BCUT2D eigenvalue weighted by atomic mass is 9.99. The Morgan fingerprint density at radius 2 is 1.73 bits per heavy atom. The molecule has 0 aliphatic carbocycles. The van der Waals surface area contributed by atoms with Gasteiger partial charge in [-0.3, -0.25) is 9.88 Å². The molecule has 0 radical (unpaired) electrons. The second-order valence-electron chi connectivity index (χ2n) is 6.64. The highest BCUT2D eigenvalue weighted by molar-refractivity contribution is 5.66. The average molecular weight is 344 g/mol. The monoisotopic (exact) mass is 344 g/mol. The molecule has 2 nitrogen and oxygen atoms in total. The lowest BCUT2D eigenvalue weighted by Crippen LogP contribution is -2.28. The summed E-state index contributed by atoms with van der Waals surface area (Å²) in [7, 11) is 0. The molecule has 0 spiro atoms. The molecule has 0 unspecified atom stereocenters. The molecular formula is C23H21FN2. The molecular weight excluding hydrogens is 323 g/mol. The van der Waals surface area contributed by atoms with E-state index in [1.807, 2.05) is 6.20 Å². The zero-order chi connectivity index (χ0) is 17.8. The third-order valence-corrected chi connectivity index (χ3v) is 4.81. The van der Waals surface area contributed by atoms with Gasteiger partial charge in [0.25, 0.3) is 0 Å². The summed E-state index contributed by atoms with van der Waals surface area (Å²) in [5.74, 6) is -0.223. The van der Waals surface area contributed by atoms with Crippen molar-refractivity contribution in [3.8, 4) is 11.3 Å². The lowest BCUT2D eigenvalue weighted by molar-refractivity contribution is 0.294. The predicted molar refractivity (Wildman–Crippen MR) is 104 cm³/mol. The zero-order valence-corrected chi connectivity index (χ0v) is 14.6. The number of hydrogen-bond acceptors (Lipinski definition) is 2. The van der Waals surface area contributed by atoms with Gasteiger partial charge in [0.05, 0.1) is 5.69 Å². The van der Waals surface area contributed by atoms with Crippen LogP contribution in [-0.2, 0) is 6.54 Å². The van der Waals surface area contributed by atoms with E-state index in [1.165, 1.54) is 28.8 Å². The standard InChI is InChI=1S/C23H21FN2/c24-22-8-6-21(7-9-22)23-16-18(10-13-25-23)17-26-14-11-20(12-15-26)19-4-2-1-3-5-19/h1-11,13,16H,12,14-15,17H2. The van der Waals surface area contributed by atoms with Crippen LogP contribution < -0.4 is 0 Å². The van der Waals surface area contributed by atoms with Crippen molar-refractivity contribution in [2.75, 3.05) is 13.1 Å². The fourth-order valence-corrected chi connectivity index (χ4v) is 3.38. The lowest BCUT2D eigenvalue weighted by Gasteiger charge is -2.26. The van der Waals surface area contributed by atoms with E-state index < -0.39 is 0 Å². The van der Waals surface area contributed by atoms with Crippen LogP contribution in [0.15, 0.2) is 79.0 Å². The van der Waals surface area contributed by atoms with Crippen LogP contribution in [0.5, 0.6) is 0 Å². The van der Waals surface area contributed by atoms with Gasteiger partial charge in [0.2, 0.25) is 0 Å². The molecule has 130 valence electrons. The van der Waals surface area contributed by atoms with Crippen molar-refractivity contribution in [3.63, 3.8) is 0 Å². The first-order chi connectivity index (χ1) is 12.8. The molecule has 1 aliphatic heterocycles. The van der Waals surface area contributed by atoms with Crippen molar-refractivity contribution in [2.45, 2.75) is 13.0 Å². The Labute approximate surface area is 153 Å². The van der Waals surface area contributed by atoms with Gasteiger partial charge in [-0.2, -0.15) is 0 Å².